The monoisotopic (exact) mass is 263 g/mol. The Morgan fingerprint density at radius 3 is 2.29 bits per heavy atom. The van der Waals surface area contributed by atoms with Gasteiger partial charge in [0.15, 0.2) is 0 Å². The summed E-state index contributed by atoms with van der Waals surface area (Å²) < 4.78 is 0. The molecule has 0 radical (unpaired) electrons. The van der Waals surface area contributed by atoms with E-state index in [1.54, 1.807) is 7.05 Å². The van der Waals surface area contributed by atoms with Gasteiger partial charge in [-0.15, -0.1) is 12.4 Å². The number of nitrogens with one attached hydrogen (secondary N) is 3. The van der Waals surface area contributed by atoms with Gasteiger partial charge in [-0.2, -0.15) is 0 Å². The van der Waals surface area contributed by atoms with E-state index in [9.17, 15) is 9.59 Å². The number of likely N-dealkylation sites (N-methyl/N-ethyl adjacent to an activating group) is 1. The van der Waals surface area contributed by atoms with Crippen molar-refractivity contribution in [3.63, 3.8) is 0 Å². The maximum atomic E-state index is 11.5. The average Bonchev–Trinajstić information content (AvgIpc) is 2.28. The van der Waals surface area contributed by atoms with Crippen molar-refractivity contribution in [2.24, 2.45) is 0 Å². The van der Waals surface area contributed by atoms with Crippen molar-refractivity contribution in [1.82, 2.24) is 16.0 Å². The molecule has 3 N–H and O–H groups in total. The van der Waals surface area contributed by atoms with Crippen molar-refractivity contribution in [1.29, 1.82) is 0 Å². The van der Waals surface area contributed by atoms with E-state index < -0.39 is 0 Å². The summed E-state index contributed by atoms with van der Waals surface area (Å²) in [4.78, 5) is 22.6. The summed E-state index contributed by atoms with van der Waals surface area (Å²) in [5, 5.41) is 8.23. The fourth-order valence-electron chi connectivity index (χ4n) is 1.93. The van der Waals surface area contributed by atoms with E-state index >= 15 is 0 Å². The Bertz CT molecular complexity index is 243. The second kappa shape index (κ2) is 9.24. The SMILES string of the molecule is CNCC(=O)NCC(=O)NC1CCCCC1.Cl. The van der Waals surface area contributed by atoms with Gasteiger partial charge < -0.3 is 16.0 Å². The van der Waals surface area contributed by atoms with Gasteiger partial charge >= 0.3 is 0 Å². The molecule has 0 aromatic heterocycles. The first-order chi connectivity index (χ1) is 7.72. The second-order valence-electron chi connectivity index (χ2n) is 4.21. The van der Waals surface area contributed by atoms with Crippen molar-refractivity contribution in [3.05, 3.63) is 0 Å². The highest BCUT2D eigenvalue weighted by atomic mass is 35.5. The molecule has 1 rings (SSSR count). The van der Waals surface area contributed by atoms with Crippen LogP contribution in [0, 0.1) is 0 Å². The summed E-state index contributed by atoms with van der Waals surface area (Å²) in [6, 6.07) is 0.308. The first-order valence-corrected chi connectivity index (χ1v) is 5.93. The van der Waals surface area contributed by atoms with Gasteiger partial charge in [-0.25, -0.2) is 0 Å². The molecule has 0 atom stereocenters. The predicted molar refractivity (Wildman–Crippen MR) is 69.2 cm³/mol. The molecule has 0 saturated heterocycles. The molecule has 100 valence electrons. The Kier molecular flexibility index (Phi) is 8.80. The maximum absolute atomic E-state index is 11.5. The molecule has 1 aliphatic carbocycles. The van der Waals surface area contributed by atoms with Crippen LogP contribution in [-0.2, 0) is 9.59 Å². The van der Waals surface area contributed by atoms with Crippen LogP contribution in [0.5, 0.6) is 0 Å². The van der Waals surface area contributed by atoms with Crippen molar-refractivity contribution in [2.45, 2.75) is 38.1 Å². The van der Waals surface area contributed by atoms with Gasteiger partial charge in [0.25, 0.3) is 0 Å². The molecule has 0 aliphatic heterocycles. The highest BCUT2D eigenvalue weighted by Crippen LogP contribution is 2.16. The summed E-state index contributed by atoms with van der Waals surface area (Å²) in [7, 11) is 1.70. The summed E-state index contributed by atoms with van der Waals surface area (Å²) >= 11 is 0. The lowest BCUT2D eigenvalue weighted by molar-refractivity contribution is -0.126. The van der Waals surface area contributed by atoms with Gasteiger partial charge in [-0.3, -0.25) is 9.59 Å². The highest BCUT2D eigenvalue weighted by Gasteiger charge is 2.15. The first-order valence-electron chi connectivity index (χ1n) is 5.93. The Balaban J connectivity index is 0.00000256. The minimum absolute atomic E-state index is 0. The van der Waals surface area contributed by atoms with E-state index in [-0.39, 0.29) is 37.3 Å². The molecule has 1 saturated carbocycles. The fourth-order valence-corrected chi connectivity index (χ4v) is 1.93. The van der Waals surface area contributed by atoms with Crippen molar-refractivity contribution >= 4 is 24.2 Å². The molecule has 17 heavy (non-hydrogen) atoms. The Morgan fingerprint density at radius 1 is 1.06 bits per heavy atom. The van der Waals surface area contributed by atoms with Crippen LogP contribution < -0.4 is 16.0 Å². The quantitative estimate of drug-likeness (QED) is 0.663. The van der Waals surface area contributed by atoms with Crippen LogP contribution in [-0.4, -0.2) is 38.0 Å². The van der Waals surface area contributed by atoms with Gasteiger partial charge in [-0.05, 0) is 19.9 Å². The van der Waals surface area contributed by atoms with E-state index in [1.165, 1.54) is 19.3 Å². The minimum Gasteiger partial charge on any atom is -0.352 e. The lowest BCUT2D eigenvalue weighted by Gasteiger charge is -2.22. The topological polar surface area (TPSA) is 70.2 Å². The second-order valence-corrected chi connectivity index (χ2v) is 4.21. The van der Waals surface area contributed by atoms with Gasteiger partial charge in [0, 0.05) is 6.04 Å². The normalized spacial score (nSPS) is 15.8. The lowest BCUT2D eigenvalue weighted by atomic mass is 9.95. The van der Waals surface area contributed by atoms with Gasteiger partial charge in [-0.1, -0.05) is 19.3 Å². The summed E-state index contributed by atoms with van der Waals surface area (Å²) in [5.41, 5.74) is 0. The third-order valence-corrected chi connectivity index (χ3v) is 2.75. The molecular formula is C11H22ClN3O2. The molecule has 0 spiro atoms. The minimum atomic E-state index is -0.152. The Hall–Kier alpha value is -0.810. The summed E-state index contributed by atoms with van der Waals surface area (Å²) in [5.74, 6) is -0.238. The summed E-state index contributed by atoms with van der Waals surface area (Å²) in [6.45, 7) is 0.327. The zero-order chi connectivity index (χ0) is 11.8. The lowest BCUT2D eigenvalue weighted by Crippen LogP contribution is -2.44. The van der Waals surface area contributed by atoms with E-state index in [4.69, 9.17) is 0 Å². The van der Waals surface area contributed by atoms with Gasteiger partial charge in [0.05, 0.1) is 13.1 Å². The van der Waals surface area contributed by atoms with Crippen LogP contribution in [0.2, 0.25) is 0 Å². The maximum Gasteiger partial charge on any atom is 0.239 e. The van der Waals surface area contributed by atoms with Crippen LogP contribution in [0.4, 0.5) is 0 Å². The molecule has 0 unspecified atom stereocenters. The number of rotatable bonds is 5. The molecule has 2 amide bonds. The molecule has 0 aromatic rings. The van der Waals surface area contributed by atoms with E-state index in [1.807, 2.05) is 0 Å². The highest BCUT2D eigenvalue weighted by molar-refractivity contribution is 5.85. The zero-order valence-corrected chi connectivity index (χ0v) is 11.1. The predicted octanol–water partition coefficient (Wildman–Crippen LogP) is 0.193. The standard InChI is InChI=1S/C11H21N3O2.ClH/c1-12-7-10(15)13-8-11(16)14-9-5-3-2-4-6-9;/h9,12H,2-8H2,1H3,(H,13,15)(H,14,16);1H. The number of hydrogen-bond donors (Lipinski definition) is 3. The third kappa shape index (κ3) is 7.18. The van der Waals surface area contributed by atoms with Crippen LogP contribution >= 0.6 is 12.4 Å². The van der Waals surface area contributed by atoms with Crippen molar-refractivity contribution in [3.8, 4) is 0 Å². The van der Waals surface area contributed by atoms with Crippen LogP contribution in [0.1, 0.15) is 32.1 Å². The number of carbonyl (C=O) groups excluding carboxylic acids is 2. The molecular weight excluding hydrogens is 242 g/mol. The Morgan fingerprint density at radius 2 is 1.71 bits per heavy atom. The fraction of sp³-hybridized carbons (Fsp3) is 0.818. The molecule has 5 nitrogen and oxygen atoms in total. The van der Waals surface area contributed by atoms with Crippen LogP contribution in [0.3, 0.4) is 0 Å². The Labute approximate surface area is 109 Å². The smallest absolute Gasteiger partial charge is 0.239 e. The number of carbonyl (C=O) groups is 2. The zero-order valence-electron chi connectivity index (χ0n) is 10.3. The molecule has 0 heterocycles. The number of amides is 2. The molecule has 0 bridgehead atoms. The molecule has 6 heteroatoms. The van der Waals surface area contributed by atoms with Gasteiger partial charge in [0.1, 0.15) is 0 Å². The third-order valence-electron chi connectivity index (χ3n) is 2.75. The van der Waals surface area contributed by atoms with E-state index in [0.717, 1.165) is 12.8 Å². The van der Waals surface area contributed by atoms with Crippen LogP contribution in [0.15, 0.2) is 0 Å². The van der Waals surface area contributed by atoms with E-state index in [0.29, 0.717) is 6.04 Å². The molecule has 0 aromatic carbocycles. The largest absolute Gasteiger partial charge is 0.352 e. The average molecular weight is 264 g/mol. The summed E-state index contributed by atoms with van der Waals surface area (Å²) in [6.07, 6.45) is 5.78. The van der Waals surface area contributed by atoms with Crippen LogP contribution in [0.25, 0.3) is 0 Å². The number of hydrogen-bond acceptors (Lipinski definition) is 3. The van der Waals surface area contributed by atoms with Crippen molar-refractivity contribution in [2.75, 3.05) is 20.1 Å². The number of halogens is 1. The van der Waals surface area contributed by atoms with Crippen molar-refractivity contribution < 1.29 is 9.59 Å². The molecule has 1 fully saturated rings. The first kappa shape index (κ1) is 16.2. The van der Waals surface area contributed by atoms with E-state index in [2.05, 4.69) is 16.0 Å². The van der Waals surface area contributed by atoms with Gasteiger partial charge in [0.2, 0.25) is 11.8 Å². The molecule has 1 aliphatic rings.